The third-order valence-corrected chi connectivity index (χ3v) is 4.15. The lowest BCUT2D eigenvalue weighted by molar-refractivity contribution is -0.384. The molecule has 2 aromatic carbocycles. The number of nitrogens with one attached hydrogen (secondary N) is 1. The van der Waals surface area contributed by atoms with Gasteiger partial charge in [0.1, 0.15) is 13.2 Å². The monoisotopic (exact) mass is 362 g/mol. The van der Waals surface area contributed by atoms with Crippen LogP contribution in [0, 0.1) is 10.1 Å². The van der Waals surface area contributed by atoms with Crippen molar-refractivity contribution in [2.45, 2.75) is 13.0 Å². The maximum atomic E-state index is 12.4. The van der Waals surface area contributed by atoms with E-state index in [2.05, 4.69) is 5.32 Å². The maximum Gasteiger partial charge on any atom is 0.270 e. The van der Waals surface area contributed by atoms with Crippen LogP contribution >= 0.6 is 11.6 Å². The molecule has 1 aliphatic heterocycles. The van der Waals surface area contributed by atoms with E-state index < -0.39 is 10.8 Å². The second-order valence-corrected chi connectivity index (χ2v) is 5.93. The van der Waals surface area contributed by atoms with Gasteiger partial charge in [0.2, 0.25) is 0 Å². The number of hydrogen-bond acceptors (Lipinski definition) is 5. The molecule has 1 N–H and O–H groups in total. The van der Waals surface area contributed by atoms with Crippen molar-refractivity contribution in [1.82, 2.24) is 5.32 Å². The number of benzene rings is 2. The predicted octanol–water partition coefficient (Wildman–Crippen LogP) is 3.51. The van der Waals surface area contributed by atoms with Crippen molar-refractivity contribution >= 4 is 23.2 Å². The van der Waals surface area contributed by atoms with E-state index in [9.17, 15) is 14.9 Å². The van der Waals surface area contributed by atoms with Gasteiger partial charge in [-0.25, -0.2) is 0 Å². The van der Waals surface area contributed by atoms with Gasteiger partial charge in [0.05, 0.1) is 21.6 Å². The van der Waals surface area contributed by atoms with Crippen LogP contribution in [-0.4, -0.2) is 24.0 Å². The van der Waals surface area contributed by atoms with E-state index in [1.807, 2.05) is 6.07 Å². The average molecular weight is 363 g/mol. The van der Waals surface area contributed by atoms with Crippen LogP contribution in [0.2, 0.25) is 5.02 Å². The van der Waals surface area contributed by atoms with E-state index in [0.717, 1.165) is 11.6 Å². The van der Waals surface area contributed by atoms with Gasteiger partial charge >= 0.3 is 0 Å². The molecule has 2 aromatic rings. The molecule has 0 radical (unpaired) electrons. The predicted molar refractivity (Wildman–Crippen MR) is 91.4 cm³/mol. The first kappa shape index (κ1) is 17.0. The number of carbonyl (C=O) groups is 1. The van der Waals surface area contributed by atoms with Crippen LogP contribution in [0.1, 0.15) is 28.9 Å². The summed E-state index contributed by atoms with van der Waals surface area (Å²) in [6.07, 6.45) is 0. The highest BCUT2D eigenvalue weighted by molar-refractivity contribution is 6.33. The molecule has 130 valence electrons. The minimum Gasteiger partial charge on any atom is -0.486 e. The fourth-order valence-corrected chi connectivity index (χ4v) is 2.69. The highest BCUT2D eigenvalue weighted by Crippen LogP contribution is 2.32. The number of non-ortho nitro benzene ring substituents is 1. The Hall–Kier alpha value is -2.80. The number of nitrogens with zero attached hydrogens (tertiary/aromatic N) is 1. The average Bonchev–Trinajstić information content (AvgIpc) is 2.61. The third-order valence-electron chi connectivity index (χ3n) is 3.82. The van der Waals surface area contributed by atoms with E-state index in [1.165, 1.54) is 12.1 Å². The molecule has 1 aliphatic rings. The van der Waals surface area contributed by atoms with Crippen LogP contribution in [0.25, 0.3) is 0 Å². The Balaban J connectivity index is 1.79. The van der Waals surface area contributed by atoms with Gasteiger partial charge in [0, 0.05) is 12.1 Å². The number of rotatable bonds is 4. The molecule has 25 heavy (non-hydrogen) atoms. The number of amides is 1. The molecule has 0 bridgehead atoms. The van der Waals surface area contributed by atoms with Gasteiger partial charge in [-0.3, -0.25) is 14.9 Å². The van der Waals surface area contributed by atoms with E-state index in [4.69, 9.17) is 21.1 Å². The van der Waals surface area contributed by atoms with Crippen LogP contribution in [-0.2, 0) is 0 Å². The fourth-order valence-electron chi connectivity index (χ4n) is 2.49. The lowest BCUT2D eigenvalue weighted by Gasteiger charge is -2.21. The second-order valence-electron chi connectivity index (χ2n) is 5.52. The molecule has 0 fully saturated rings. The Labute approximate surface area is 148 Å². The minimum absolute atomic E-state index is 0.0558. The van der Waals surface area contributed by atoms with Gasteiger partial charge < -0.3 is 14.8 Å². The summed E-state index contributed by atoms with van der Waals surface area (Å²) >= 11 is 6.00. The zero-order valence-electron chi connectivity index (χ0n) is 13.3. The van der Waals surface area contributed by atoms with E-state index in [-0.39, 0.29) is 22.3 Å². The first-order chi connectivity index (χ1) is 12.0. The van der Waals surface area contributed by atoms with Gasteiger partial charge in [-0.1, -0.05) is 17.7 Å². The Kier molecular flexibility index (Phi) is 4.76. The summed E-state index contributed by atoms with van der Waals surface area (Å²) < 4.78 is 11.0. The molecule has 0 spiro atoms. The standard InChI is InChI=1S/C17H15ClN2O5/c1-10(11-2-5-15-16(8-11)25-7-6-24-15)19-17(21)13-9-12(20(22)23)3-4-14(13)18/h2-5,8-10H,6-7H2,1H3,(H,19,21)/t10-/m0/s1. The number of hydrogen-bond donors (Lipinski definition) is 1. The van der Waals surface area contributed by atoms with Gasteiger partial charge in [0.15, 0.2) is 11.5 Å². The molecule has 3 rings (SSSR count). The number of nitro benzene ring substituents is 1. The molecular weight excluding hydrogens is 348 g/mol. The number of ether oxygens (including phenoxy) is 2. The van der Waals surface area contributed by atoms with Crippen molar-refractivity contribution in [3.63, 3.8) is 0 Å². The molecule has 0 saturated carbocycles. The van der Waals surface area contributed by atoms with Crippen LogP contribution in [0.4, 0.5) is 5.69 Å². The summed E-state index contributed by atoms with van der Waals surface area (Å²) in [7, 11) is 0. The van der Waals surface area contributed by atoms with Crippen LogP contribution < -0.4 is 14.8 Å². The molecule has 7 nitrogen and oxygen atoms in total. The quantitative estimate of drug-likeness (QED) is 0.663. The van der Waals surface area contributed by atoms with Crippen LogP contribution in [0.15, 0.2) is 36.4 Å². The highest BCUT2D eigenvalue weighted by atomic mass is 35.5. The first-order valence-electron chi connectivity index (χ1n) is 7.60. The molecule has 0 aromatic heterocycles. The Morgan fingerprint density at radius 2 is 1.92 bits per heavy atom. The molecule has 8 heteroatoms. The summed E-state index contributed by atoms with van der Waals surface area (Å²) in [5.74, 6) is 0.796. The van der Waals surface area contributed by atoms with E-state index in [1.54, 1.807) is 19.1 Å². The third kappa shape index (κ3) is 3.66. The number of nitro groups is 1. The lowest BCUT2D eigenvalue weighted by atomic mass is 10.1. The fraction of sp³-hybridized carbons (Fsp3) is 0.235. The smallest absolute Gasteiger partial charge is 0.270 e. The minimum atomic E-state index is -0.572. The molecule has 1 heterocycles. The Morgan fingerprint density at radius 1 is 1.20 bits per heavy atom. The topological polar surface area (TPSA) is 90.7 Å². The summed E-state index contributed by atoms with van der Waals surface area (Å²) in [5.41, 5.74) is 0.681. The highest BCUT2D eigenvalue weighted by Gasteiger charge is 2.19. The molecule has 0 aliphatic carbocycles. The summed E-state index contributed by atoms with van der Waals surface area (Å²) in [6, 6.07) is 8.81. The maximum absolute atomic E-state index is 12.4. The molecule has 1 amide bonds. The number of fused-ring (bicyclic) bond motifs is 1. The summed E-state index contributed by atoms with van der Waals surface area (Å²) in [5, 5.41) is 13.8. The van der Waals surface area contributed by atoms with Gasteiger partial charge in [0.25, 0.3) is 11.6 Å². The number of halogens is 1. The van der Waals surface area contributed by atoms with E-state index >= 15 is 0 Å². The first-order valence-corrected chi connectivity index (χ1v) is 7.98. The van der Waals surface area contributed by atoms with Gasteiger partial charge in [-0.2, -0.15) is 0 Å². The Morgan fingerprint density at radius 3 is 2.64 bits per heavy atom. The zero-order chi connectivity index (χ0) is 18.0. The summed E-state index contributed by atoms with van der Waals surface area (Å²) in [6.45, 7) is 2.78. The zero-order valence-corrected chi connectivity index (χ0v) is 14.1. The molecule has 0 unspecified atom stereocenters. The normalized spacial score (nSPS) is 13.8. The molecular formula is C17H15ClN2O5. The van der Waals surface area contributed by atoms with Crippen molar-refractivity contribution in [1.29, 1.82) is 0 Å². The molecule has 0 saturated heterocycles. The van der Waals surface area contributed by atoms with Gasteiger partial charge in [-0.05, 0) is 30.7 Å². The largest absolute Gasteiger partial charge is 0.486 e. The Bertz CT molecular complexity index is 840. The lowest BCUT2D eigenvalue weighted by Crippen LogP contribution is -2.27. The molecule has 1 atom stereocenters. The number of carbonyl (C=O) groups excluding carboxylic acids is 1. The SMILES string of the molecule is C[C@H](NC(=O)c1cc([N+](=O)[O-])ccc1Cl)c1ccc2c(c1)OCCO2. The summed E-state index contributed by atoms with van der Waals surface area (Å²) in [4.78, 5) is 22.7. The van der Waals surface area contributed by atoms with Crippen LogP contribution in [0.5, 0.6) is 11.5 Å². The van der Waals surface area contributed by atoms with Crippen molar-refractivity contribution in [3.05, 3.63) is 62.7 Å². The van der Waals surface area contributed by atoms with Crippen molar-refractivity contribution in [2.75, 3.05) is 13.2 Å². The van der Waals surface area contributed by atoms with E-state index in [0.29, 0.717) is 24.7 Å². The van der Waals surface area contributed by atoms with Crippen molar-refractivity contribution < 1.29 is 19.2 Å². The van der Waals surface area contributed by atoms with Crippen LogP contribution in [0.3, 0.4) is 0 Å². The van der Waals surface area contributed by atoms with Crippen molar-refractivity contribution in [3.8, 4) is 11.5 Å². The van der Waals surface area contributed by atoms with Crippen molar-refractivity contribution in [2.24, 2.45) is 0 Å². The van der Waals surface area contributed by atoms with Gasteiger partial charge in [-0.15, -0.1) is 0 Å². The second kappa shape index (κ2) is 6.98.